The van der Waals surface area contributed by atoms with Crippen molar-refractivity contribution in [1.29, 1.82) is 0 Å². The second kappa shape index (κ2) is 5.13. The minimum Gasteiger partial charge on any atom is -0.330 e. The molecule has 0 aliphatic carbocycles. The van der Waals surface area contributed by atoms with E-state index in [1.807, 2.05) is 0 Å². The molecule has 0 spiro atoms. The Labute approximate surface area is 86.3 Å². The van der Waals surface area contributed by atoms with E-state index >= 15 is 0 Å². The highest BCUT2D eigenvalue weighted by Gasteiger charge is 2.03. The molecule has 1 aromatic rings. The van der Waals surface area contributed by atoms with Gasteiger partial charge in [0.1, 0.15) is 0 Å². The lowest BCUT2D eigenvalue weighted by Crippen LogP contribution is -2.08. The van der Waals surface area contributed by atoms with Gasteiger partial charge in [0.25, 0.3) is 0 Å². The van der Waals surface area contributed by atoms with Gasteiger partial charge >= 0.3 is 0 Å². The zero-order chi connectivity index (χ0) is 10.6. The van der Waals surface area contributed by atoms with Gasteiger partial charge in [0.15, 0.2) is 0 Å². The molecule has 14 heavy (non-hydrogen) atoms. The molecule has 0 atom stereocenters. The van der Waals surface area contributed by atoms with Gasteiger partial charge < -0.3 is 11.5 Å². The van der Waals surface area contributed by atoms with E-state index in [-0.39, 0.29) is 0 Å². The standard InChI is InChI=1S/C12H20N2/c1-9-7-10(2)12(4-6-14)8-11(9)3-5-13/h7-8H,3-6,13-14H2,1-2H3. The summed E-state index contributed by atoms with van der Waals surface area (Å²) in [6.07, 6.45) is 1.92. The van der Waals surface area contributed by atoms with E-state index in [1.54, 1.807) is 0 Å². The average Bonchev–Trinajstić information content (AvgIpc) is 2.14. The third kappa shape index (κ3) is 2.56. The molecule has 0 radical (unpaired) electrons. The van der Waals surface area contributed by atoms with Crippen molar-refractivity contribution in [2.45, 2.75) is 26.7 Å². The van der Waals surface area contributed by atoms with Crippen LogP contribution in [0.15, 0.2) is 12.1 Å². The summed E-state index contributed by atoms with van der Waals surface area (Å²) in [5, 5.41) is 0. The molecule has 2 heteroatoms. The van der Waals surface area contributed by atoms with Crippen molar-refractivity contribution in [3.8, 4) is 0 Å². The Kier molecular flexibility index (Phi) is 4.11. The Bertz CT molecular complexity index is 278. The molecule has 0 fully saturated rings. The first-order valence-corrected chi connectivity index (χ1v) is 5.18. The van der Waals surface area contributed by atoms with Crippen LogP contribution >= 0.6 is 0 Å². The first kappa shape index (κ1) is 11.2. The molecule has 78 valence electrons. The van der Waals surface area contributed by atoms with Crippen LogP contribution in [0.1, 0.15) is 22.3 Å². The van der Waals surface area contributed by atoms with Gasteiger partial charge in [0.2, 0.25) is 0 Å². The van der Waals surface area contributed by atoms with Crippen molar-refractivity contribution in [1.82, 2.24) is 0 Å². The minimum absolute atomic E-state index is 0.714. The van der Waals surface area contributed by atoms with Crippen molar-refractivity contribution in [2.24, 2.45) is 11.5 Å². The Hall–Kier alpha value is -0.860. The number of aryl methyl sites for hydroxylation is 2. The fourth-order valence-electron chi connectivity index (χ4n) is 1.80. The van der Waals surface area contributed by atoms with Gasteiger partial charge in [-0.2, -0.15) is 0 Å². The van der Waals surface area contributed by atoms with E-state index in [4.69, 9.17) is 11.5 Å². The molecule has 0 saturated carbocycles. The summed E-state index contributed by atoms with van der Waals surface area (Å²) in [5.74, 6) is 0. The van der Waals surface area contributed by atoms with Crippen molar-refractivity contribution in [3.63, 3.8) is 0 Å². The molecule has 0 saturated heterocycles. The van der Waals surface area contributed by atoms with E-state index in [2.05, 4.69) is 26.0 Å². The monoisotopic (exact) mass is 192 g/mol. The van der Waals surface area contributed by atoms with Gasteiger partial charge in [-0.25, -0.2) is 0 Å². The molecule has 0 unspecified atom stereocenters. The molecule has 0 aliphatic rings. The average molecular weight is 192 g/mol. The predicted octanol–water partition coefficient (Wildman–Crippen LogP) is 1.31. The Morgan fingerprint density at radius 2 is 1.29 bits per heavy atom. The van der Waals surface area contributed by atoms with Gasteiger partial charge in [-0.15, -0.1) is 0 Å². The van der Waals surface area contributed by atoms with Gasteiger partial charge in [-0.1, -0.05) is 12.1 Å². The third-order valence-corrected chi connectivity index (χ3v) is 2.62. The molecule has 2 nitrogen and oxygen atoms in total. The maximum absolute atomic E-state index is 5.57. The molecule has 0 amide bonds. The molecule has 0 aliphatic heterocycles. The van der Waals surface area contributed by atoms with Crippen LogP contribution in [0.2, 0.25) is 0 Å². The summed E-state index contributed by atoms with van der Waals surface area (Å²) in [7, 11) is 0. The van der Waals surface area contributed by atoms with Crippen LogP contribution in [-0.4, -0.2) is 13.1 Å². The number of hydrogen-bond acceptors (Lipinski definition) is 2. The molecule has 0 aromatic heterocycles. The van der Waals surface area contributed by atoms with Gasteiger partial charge in [0, 0.05) is 0 Å². The van der Waals surface area contributed by atoms with E-state index < -0.39 is 0 Å². The Morgan fingerprint density at radius 3 is 1.64 bits per heavy atom. The zero-order valence-corrected chi connectivity index (χ0v) is 9.14. The SMILES string of the molecule is Cc1cc(C)c(CCN)cc1CCN. The number of benzene rings is 1. The fourth-order valence-corrected chi connectivity index (χ4v) is 1.80. The fraction of sp³-hybridized carbons (Fsp3) is 0.500. The normalized spacial score (nSPS) is 10.6. The maximum atomic E-state index is 5.57. The molecular formula is C12H20N2. The second-order valence-electron chi connectivity index (χ2n) is 3.78. The topological polar surface area (TPSA) is 52.0 Å². The van der Waals surface area contributed by atoms with Crippen LogP contribution in [0.5, 0.6) is 0 Å². The summed E-state index contributed by atoms with van der Waals surface area (Å²) in [6.45, 7) is 5.71. The van der Waals surface area contributed by atoms with Crippen LogP contribution in [0.25, 0.3) is 0 Å². The summed E-state index contributed by atoms with van der Waals surface area (Å²) in [4.78, 5) is 0. The van der Waals surface area contributed by atoms with E-state index in [9.17, 15) is 0 Å². The third-order valence-electron chi connectivity index (χ3n) is 2.62. The van der Waals surface area contributed by atoms with Crippen molar-refractivity contribution < 1.29 is 0 Å². The summed E-state index contributed by atoms with van der Waals surface area (Å²) < 4.78 is 0. The Morgan fingerprint density at radius 1 is 0.857 bits per heavy atom. The van der Waals surface area contributed by atoms with Crippen molar-refractivity contribution in [2.75, 3.05) is 13.1 Å². The number of nitrogens with two attached hydrogens (primary N) is 2. The smallest absolute Gasteiger partial charge is 0.00366 e. The Balaban J connectivity index is 3.00. The number of rotatable bonds is 4. The van der Waals surface area contributed by atoms with Crippen molar-refractivity contribution in [3.05, 3.63) is 34.4 Å². The van der Waals surface area contributed by atoms with Crippen LogP contribution in [0, 0.1) is 13.8 Å². The van der Waals surface area contributed by atoms with Gasteiger partial charge in [-0.05, 0) is 62.0 Å². The summed E-state index contributed by atoms with van der Waals surface area (Å²) in [6, 6.07) is 4.49. The predicted molar refractivity (Wildman–Crippen MR) is 61.4 cm³/mol. The van der Waals surface area contributed by atoms with Crippen LogP contribution in [-0.2, 0) is 12.8 Å². The van der Waals surface area contributed by atoms with Gasteiger partial charge in [0.05, 0.1) is 0 Å². The molecule has 0 bridgehead atoms. The molecule has 1 aromatic carbocycles. The van der Waals surface area contributed by atoms with Crippen LogP contribution in [0.3, 0.4) is 0 Å². The lowest BCUT2D eigenvalue weighted by Gasteiger charge is -2.11. The minimum atomic E-state index is 0.714. The van der Waals surface area contributed by atoms with E-state index in [1.165, 1.54) is 22.3 Å². The second-order valence-corrected chi connectivity index (χ2v) is 3.78. The van der Waals surface area contributed by atoms with E-state index in [0.717, 1.165) is 12.8 Å². The number of hydrogen-bond donors (Lipinski definition) is 2. The summed E-state index contributed by atoms with van der Waals surface area (Å²) in [5.41, 5.74) is 16.5. The molecule has 1 rings (SSSR count). The maximum Gasteiger partial charge on any atom is -0.00366 e. The molecule has 4 N–H and O–H groups in total. The zero-order valence-electron chi connectivity index (χ0n) is 9.14. The lowest BCUT2D eigenvalue weighted by molar-refractivity contribution is 0.924. The summed E-state index contributed by atoms with van der Waals surface area (Å²) >= 11 is 0. The first-order valence-electron chi connectivity index (χ1n) is 5.18. The largest absolute Gasteiger partial charge is 0.330 e. The first-order chi connectivity index (χ1) is 6.69. The quantitative estimate of drug-likeness (QED) is 0.755. The molecule has 0 heterocycles. The van der Waals surface area contributed by atoms with Crippen molar-refractivity contribution >= 4 is 0 Å². The van der Waals surface area contributed by atoms with Crippen LogP contribution < -0.4 is 11.5 Å². The molecular weight excluding hydrogens is 172 g/mol. The lowest BCUT2D eigenvalue weighted by atomic mass is 9.96. The highest BCUT2D eigenvalue weighted by molar-refractivity contribution is 5.37. The van der Waals surface area contributed by atoms with Crippen LogP contribution in [0.4, 0.5) is 0 Å². The highest BCUT2D eigenvalue weighted by Crippen LogP contribution is 2.16. The van der Waals surface area contributed by atoms with Gasteiger partial charge in [-0.3, -0.25) is 0 Å². The van der Waals surface area contributed by atoms with E-state index in [0.29, 0.717) is 13.1 Å². The highest BCUT2D eigenvalue weighted by atomic mass is 14.5.